The second kappa shape index (κ2) is 6.29. The van der Waals surface area contributed by atoms with Crippen molar-refractivity contribution in [2.45, 2.75) is 25.3 Å². The van der Waals surface area contributed by atoms with E-state index in [-0.39, 0.29) is 5.91 Å². The largest absolute Gasteiger partial charge is 0.325 e. The Bertz CT molecular complexity index is 676. The molecule has 1 atom stereocenters. The minimum atomic E-state index is -3.39. The molecule has 1 aliphatic heterocycles. The van der Waals surface area contributed by atoms with Gasteiger partial charge in [-0.1, -0.05) is 18.4 Å². The average Bonchev–Trinajstić information content (AvgIpc) is 2.46. The van der Waals surface area contributed by atoms with Crippen LogP contribution >= 0.6 is 0 Å². The maximum Gasteiger partial charge on any atom is 0.242 e. The number of nitrogens with zero attached hydrogens (tertiary/aromatic N) is 1. The van der Waals surface area contributed by atoms with Crippen LogP contribution in [0.2, 0.25) is 0 Å². The van der Waals surface area contributed by atoms with Crippen molar-refractivity contribution in [1.29, 1.82) is 0 Å². The minimum Gasteiger partial charge on any atom is -0.325 e. The Balaban J connectivity index is 2.16. The van der Waals surface area contributed by atoms with Crippen molar-refractivity contribution in [3.8, 4) is 12.3 Å². The molecule has 1 N–H and O–H groups in total. The molecule has 1 aromatic carbocycles. The van der Waals surface area contributed by atoms with Crippen LogP contribution < -0.4 is 5.32 Å². The molecule has 0 spiro atoms. The molecule has 0 radical (unpaired) electrons. The van der Waals surface area contributed by atoms with Crippen LogP contribution in [-0.2, 0) is 14.8 Å². The maximum absolute atomic E-state index is 12.4. The number of anilines is 1. The predicted molar refractivity (Wildman–Crippen MR) is 82.2 cm³/mol. The summed E-state index contributed by atoms with van der Waals surface area (Å²) in [5.41, 5.74) is 1.24. The highest BCUT2D eigenvalue weighted by Gasteiger charge is 2.34. The molecular weight excluding hydrogens is 288 g/mol. The van der Waals surface area contributed by atoms with Gasteiger partial charge >= 0.3 is 0 Å². The molecule has 1 heterocycles. The van der Waals surface area contributed by atoms with Crippen molar-refractivity contribution in [2.75, 3.05) is 18.1 Å². The van der Waals surface area contributed by atoms with E-state index >= 15 is 0 Å². The third-order valence-electron chi connectivity index (χ3n) is 3.48. The third-order valence-corrected chi connectivity index (χ3v) is 4.77. The first-order valence-electron chi connectivity index (χ1n) is 6.76. The fourth-order valence-electron chi connectivity index (χ4n) is 2.48. The summed E-state index contributed by atoms with van der Waals surface area (Å²) in [5.74, 6) is 2.18. The Hall–Kier alpha value is -1.84. The highest BCUT2D eigenvalue weighted by Crippen LogP contribution is 2.21. The van der Waals surface area contributed by atoms with Crippen molar-refractivity contribution >= 4 is 21.6 Å². The van der Waals surface area contributed by atoms with Crippen LogP contribution in [0.25, 0.3) is 0 Å². The molecule has 112 valence electrons. The Morgan fingerprint density at radius 2 is 2.19 bits per heavy atom. The standard InChI is InChI=1S/C15H18N2O3S/c1-3-12-7-6-8-13(11-12)16-15(18)14-9-4-5-10-17(14)21(2,19)20/h1,6-8,11,14H,4-5,9-10H2,2H3,(H,16,18). The molecule has 1 fully saturated rings. The number of terminal acetylenes is 1. The van der Waals surface area contributed by atoms with E-state index in [9.17, 15) is 13.2 Å². The van der Waals surface area contributed by atoms with Gasteiger partial charge < -0.3 is 5.32 Å². The van der Waals surface area contributed by atoms with Gasteiger partial charge in [-0.3, -0.25) is 4.79 Å². The molecule has 1 unspecified atom stereocenters. The van der Waals surface area contributed by atoms with Crippen LogP contribution in [0.15, 0.2) is 24.3 Å². The van der Waals surface area contributed by atoms with Gasteiger partial charge in [-0.25, -0.2) is 8.42 Å². The normalized spacial score (nSPS) is 19.7. The fraction of sp³-hybridized carbons (Fsp3) is 0.400. The Kier molecular flexibility index (Phi) is 4.66. The summed E-state index contributed by atoms with van der Waals surface area (Å²) in [6.07, 6.45) is 8.62. The zero-order valence-electron chi connectivity index (χ0n) is 11.9. The number of amides is 1. The zero-order valence-corrected chi connectivity index (χ0v) is 12.7. The van der Waals surface area contributed by atoms with Gasteiger partial charge in [0, 0.05) is 17.8 Å². The smallest absolute Gasteiger partial charge is 0.242 e. The van der Waals surface area contributed by atoms with E-state index in [1.54, 1.807) is 24.3 Å². The van der Waals surface area contributed by atoms with Crippen molar-refractivity contribution in [2.24, 2.45) is 0 Å². The van der Waals surface area contributed by atoms with Gasteiger partial charge in [0.25, 0.3) is 0 Å². The van der Waals surface area contributed by atoms with Crippen molar-refractivity contribution < 1.29 is 13.2 Å². The van der Waals surface area contributed by atoms with Crippen LogP contribution in [0.3, 0.4) is 0 Å². The lowest BCUT2D eigenvalue weighted by molar-refractivity contribution is -0.120. The molecule has 1 aliphatic rings. The summed E-state index contributed by atoms with van der Waals surface area (Å²) in [4.78, 5) is 12.4. The second-order valence-electron chi connectivity index (χ2n) is 5.10. The molecule has 21 heavy (non-hydrogen) atoms. The van der Waals surface area contributed by atoms with Gasteiger partial charge in [-0.15, -0.1) is 6.42 Å². The first-order valence-corrected chi connectivity index (χ1v) is 8.61. The molecule has 1 aromatic rings. The highest BCUT2D eigenvalue weighted by molar-refractivity contribution is 7.88. The van der Waals surface area contributed by atoms with E-state index in [2.05, 4.69) is 11.2 Å². The molecule has 1 saturated heterocycles. The maximum atomic E-state index is 12.4. The van der Waals surface area contributed by atoms with Crippen molar-refractivity contribution in [3.63, 3.8) is 0 Å². The summed E-state index contributed by atoms with van der Waals surface area (Å²) in [6, 6.07) is 6.28. The topological polar surface area (TPSA) is 66.5 Å². The molecule has 5 nitrogen and oxygen atoms in total. The molecule has 0 aliphatic carbocycles. The van der Waals surface area contributed by atoms with Crippen LogP contribution in [0.4, 0.5) is 5.69 Å². The van der Waals surface area contributed by atoms with E-state index in [4.69, 9.17) is 6.42 Å². The van der Waals surface area contributed by atoms with E-state index in [1.165, 1.54) is 4.31 Å². The summed E-state index contributed by atoms with van der Waals surface area (Å²) in [7, 11) is -3.39. The van der Waals surface area contributed by atoms with E-state index in [0.717, 1.165) is 19.1 Å². The fourth-order valence-corrected chi connectivity index (χ4v) is 3.60. The number of carbonyl (C=O) groups excluding carboxylic acids is 1. The molecule has 2 rings (SSSR count). The quantitative estimate of drug-likeness (QED) is 0.859. The monoisotopic (exact) mass is 306 g/mol. The van der Waals surface area contributed by atoms with Gasteiger partial charge in [-0.05, 0) is 31.0 Å². The van der Waals surface area contributed by atoms with Gasteiger partial charge in [0.15, 0.2) is 0 Å². The van der Waals surface area contributed by atoms with Crippen LogP contribution in [0.5, 0.6) is 0 Å². The Morgan fingerprint density at radius 3 is 2.86 bits per heavy atom. The van der Waals surface area contributed by atoms with Crippen molar-refractivity contribution in [1.82, 2.24) is 4.31 Å². The Morgan fingerprint density at radius 1 is 1.43 bits per heavy atom. The summed E-state index contributed by atoms with van der Waals surface area (Å²) >= 11 is 0. The van der Waals surface area contributed by atoms with Crippen LogP contribution in [0, 0.1) is 12.3 Å². The summed E-state index contributed by atoms with van der Waals surface area (Å²) < 4.78 is 24.8. The first kappa shape index (κ1) is 15.5. The molecule has 0 saturated carbocycles. The van der Waals surface area contributed by atoms with Crippen molar-refractivity contribution in [3.05, 3.63) is 29.8 Å². The SMILES string of the molecule is C#Cc1cccc(NC(=O)C2CCCCN2S(C)(=O)=O)c1. The minimum absolute atomic E-state index is 0.311. The number of sulfonamides is 1. The molecular formula is C15H18N2O3S. The second-order valence-corrected chi connectivity index (χ2v) is 7.03. The lowest BCUT2D eigenvalue weighted by Crippen LogP contribution is -2.49. The van der Waals surface area contributed by atoms with E-state index in [0.29, 0.717) is 24.2 Å². The van der Waals surface area contributed by atoms with Gasteiger partial charge in [0.1, 0.15) is 6.04 Å². The molecule has 6 heteroatoms. The van der Waals surface area contributed by atoms with Gasteiger partial charge in [0.05, 0.1) is 6.26 Å². The summed E-state index contributed by atoms with van der Waals surface area (Å²) in [5, 5.41) is 2.75. The lowest BCUT2D eigenvalue weighted by atomic mass is 10.0. The number of benzene rings is 1. The zero-order chi connectivity index (χ0) is 15.5. The third kappa shape index (κ3) is 3.84. The molecule has 0 bridgehead atoms. The number of nitrogens with one attached hydrogen (secondary N) is 1. The number of carbonyl (C=O) groups is 1. The number of rotatable bonds is 3. The summed E-state index contributed by atoms with van der Waals surface area (Å²) in [6.45, 7) is 0.390. The van der Waals surface area contributed by atoms with Crippen LogP contribution in [0.1, 0.15) is 24.8 Å². The van der Waals surface area contributed by atoms with Gasteiger partial charge in [0.2, 0.25) is 15.9 Å². The van der Waals surface area contributed by atoms with Crippen LogP contribution in [-0.4, -0.2) is 37.5 Å². The molecule has 0 aromatic heterocycles. The highest BCUT2D eigenvalue weighted by atomic mass is 32.2. The van der Waals surface area contributed by atoms with E-state index in [1.807, 2.05) is 0 Å². The predicted octanol–water partition coefficient (Wildman–Crippen LogP) is 1.42. The number of hydrogen-bond acceptors (Lipinski definition) is 3. The van der Waals surface area contributed by atoms with E-state index < -0.39 is 16.1 Å². The molecule has 1 amide bonds. The lowest BCUT2D eigenvalue weighted by Gasteiger charge is -2.32. The first-order chi connectivity index (χ1) is 9.91. The number of hydrogen-bond donors (Lipinski definition) is 1. The average molecular weight is 306 g/mol. The number of piperidine rings is 1. The van der Waals surface area contributed by atoms with Gasteiger partial charge in [-0.2, -0.15) is 4.31 Å². The Labute approximate surface area is 125 Å².